The van der Waals surface area contributed by atoms with E-state index in [0.717, 1.165) is 27.5 Å². The van der Waals surface area contributed by atoms with E-state index in [4.69, 9.17) is 28.1 Å². The maximum Gasteiger partial charge on any atom is 0.164 e. The quantitative estimate of drug-likeness (QED) is 0.210. The summed E-state index contributed by atoms with van der Waals surface area (Å²) in [6.45, 7) is 0. The van der Waals surface area contributed by atoms with Crippen molar-refractivity contribution < 1.29 is 18.1 Å². The first-order valence-electron chi connectivity index (χ1n) is 18.8. The van der Waals surface area contributed by atoms with E-state index in [-0.39, 0.29) is 28.6 Å². The molecule has 0 fully saturated rings. The fourth-order valence-electron chi connectivity index (χ4n) is 5.85. The summed E-state index contributed by atoms with van der Waals surface area (Å²) < 4.78 is 93.0. The van der Waals surface area contributed by atoms with Gasteiger partial charge in [0.25, 0.3) is 0 Å². The van der Waals surface area contributed by atoms with E-state index in [1.165, 1.54) is 0 Å². The van der Waals surface area contributed by atoms with Crippen molar-refractivity contribution >= 4 is 43.7 Å². The second-order valence-corrected chi connectivity index (χ2v) is 10.1. The minimum Gasteiger partial charge on any atom is -0.456 e. The van der Waals surface area contributed by atoms with Crippen LogP contribution in [0.4, 0.5) is 0 Å². The third kappa shape index (κ3) is 3.76. The van der Waals surface area contributed by atoms with E-state index in [0.29, 0.717) is 27.5 Å². The van der Waals surface area contributed by atoms with E-state index in [9.17, 15) is 0 Å². The number of hydrogen-bond acceptors (Lipinski definition) is 4. The van der Waals surface area contributed by atoms with Crippen molar-refractivity contribution in [3.63, 3.8) is 0 Å². The molecule has 9 rings (SSSR count). The van der Waals surface area contributed by atoms with E-state index in [1.54, 1.807) is 18.2 Å². The van der Waals surface area contributed by atoms with Gasteiger partial charge in [0.2, 0.25) is 0 Å². The highest BCUT2D eigenvalue weighted by atomic mass is 16.3. The van der Waals surface area contributed by atoms with Crippen LogP contribution in [0.1, 0.15) is 13.7 Å². The van der Waals surface area contributed by atoms with Gasteiger partial charge in [0.1, 0.15) is 11.2 Å². The second-order valence-electron chi connectivity index (χ2n) is 10.1. The molecular weight excluding hydrogens is 540 g/mol. The largest absolute Gasteiger partial charge is 0.456 e. The van der Waals surface area contributed by atoms with Gasteiger partial charge in [0.05, 0.1) is 35.8 Å². The molecule has 0 aliphatic carbocycles. The van der Waals surface area contributed by atoms with Gasteiger partial charge in [-0.15, -0.1) is 0 Å². The molecule has 5 heteroatoms. The Balaban J connectivity index is 1.41. The van der Waals surface area contributed by atoms with Crippen LogP contribution in [0.25, 0.3) is 83.6 Å². The van der Waals surface area contributed by atoms with Crippen LogP contribution in [0.5, 0.6) is 0 Å². The maximum atomic E-state index is 8.71. The van der Waals surface area contributed by atoms with Gasteiger partial charge >= 0.3 is 0 Å². The van der Waals surface area contributed by atoms with Crippen molar-refractivity contribution in [1.82, 2.24) is 19.5 Å². The number of nitrogens with zero attached hydrogens (tertiary/aromatic N) is 4. The van der Waals surface area contributed by atoms with Crippen LogP contribution >= 0.6 is 0 Å². The van der Waals surface area contributed by atoms with Gasteiger partial charge in [-0.3, -0.25) is 0 Å². The van der Waals surface area contributed by atoms with Crippen molar-refractivity contribution in [2.75, 3.05) is 0 Å². The summed E-state index contributed by atoms with van der Waals surface area (Å²) in [5.41, 5.74) is 3.48. The fraction of sp³-hybridized carbons (Fsp3) is 0. The molecule has 0 N–H and O–H groups in total. The molecule has 0 bridgehead atoms. The van der Waals surface area contributed by atoms with Gasteiger partial charge in [-0.1, -0.05) is 115 Å². The lowest BCUT2D eigenvalue weighted by Crippen LogP contribution is -2.00. The molecule has 6 aromatic carbocycles. The summed E-state index contributed by atoms with van der Waals surface area (Å²) >= 11 is 0. The standard InChI is InChI=1S/C39H24N4O/c1-3-13-25(14-4-1)37-40-38(26-15-5-2-6-16-26)42-39(41-37)29-19-11-23-33-35(29)36-32(22-12-24-34(36)44-33)43-30-20-9-7-17-27(30)28-18-8-10-21-31(28)43/h1-24H/i1D,2D,3D,4D,5D,6D,13D,14D,15D,16D. The Morgan fingerprint density at radius 3 is 1.64 bits per heavy atom. The summed E-state index contributed by atoms with van der Waals surface area (Å²) in [5, 5.41) is 3.42. The lowest BCUT2D eigenvalue weighted by Gasteiger charge is -2.11. The van der Waals surface area contributed by atoms with Crippen LogP contribution in [0.15, 0.2) is 150 Å². The molecule has 3 aromatic heterocycles. The Morgan fingerprint density at radius 1 is 0.500 bits per heavy atom. The van der Waals surface area contributed by atoms with Crippen molar-refractivity contribution in [3.8, 4) is 39.9 Å². The third-order valence-electron chi connectivity index (χ3n) is 7.64. The zero-order chi connectivity index (χ0) is 37.7. The van der Waals surface area contributed by atoms with Crippen LogP contribution in [-0.4, -0.2) is 19.5 Å². The van der Waals surface area contributed by atoms with Gasteiger partial charge in [-0.05, 0) is 30.3 Å². The first-order valence-corrected chi connectivity index (χ1v) is 13.8. The molecule has 206 valence electrons. The minimum absolute atomic E-state index is 0.0426. The molecule has 0 atom stereocenters. The number of furan rings is 1. The van der Waals surface area contributed by atoms with Gasteiger partial charge in [0, 0.05) is 32.8 Å². The van der Waals surface area contributed by atoms with E-state index < -0.39 is 60.4 Å². The molecule has 0 radical (unpaired) electrons. The smallest absolute Gasteiger partial charge is 0.164 e. The summed E-state index contributed by atoms with van der Waals surface area (Å²) in [4.78, 5) is 13.8. The molecular formula is C39H24N4O. The van der Waals surface area contributed by atoms with E-state index in [1.807, 2.05) is 54.6 Å². The van der Waals surface area contributed by atoms with Gasteiger partial charge < -0.3 is 8.98 Å². The molecule has 0 amide bonds. The average Bonchev–Trinajstić information content (AvgIpc) is 3.74. The Bertz CT molecular complexity index is 2880. The van der Waals surface area contributed by atoms with Crippen LogP contribution in [0.3, 0.4) is 0 Å². The highest BCUT2D eigenvalue weighted by Crippen LogP contribution is 2.41. The van der Waals surface area contributed by atoms with Gasteiger partial charge in [0.15, 0.2) is 17.5 Å². The van der Waals surface area contributed by atoms with E-state index >= 15 is 0 Å². The van der Waals surface area contributed by atoms with Crippen molar-refractivity contribution in [2.24, 2.45) is 0 Å². The Hall–Kier alpha value is -6.07. The maximum absolute atomic E-state index is 8.71. The average molecular weight is 575 g/mol. The molecule has 9 aromatic rings. The first kappa shape index (κ1) is 16.5. The summed E-state index contributed by atoms with van der Waals surface area (Å²) in [6.07, 6.45) is 0. The van der Waals surface area contributed by atoms with Gasteiger partial charge in [-0.2, -0.15) is 0 Å². The lowest BCUT2D eigenvalue weighted by molar-refractivity contribution is 0.669. The number of rotatable bonds is 4. The van der Waals surface area contributed by atoms with Crippen LogP contribution in [-0.2, 0) is 0 Å². The van der Waals surface area contributed by atoms with Crippen LogP contribution < -0.4 is 0 Å². The topological polar surface area (TPSA) is 56.7 Å². The predicted octanol–water partition coefficient (Wildman–Crippen LogP) is 9.87. The predicted molar refractivity (Wildman–Crippen MR) is 178 cm³/mol. The minimum atomic E-state index is -0.615. The zero-order valence-corrected chi connectivity index (χ0v) is 22.8. The summed E-state index contributed by atoms with van der Waals surface area (Å²) in [5.74, 6) is -0.726. The molecule has 0 aliphatic rings. The summed E-state index contributed by atoms with van der Waals surface area (Å²) in [6, 6.07) is 21.2. The fourth-order valence-corrected chi connectivity index (χ4v) is 5.85. The Kier molecular flexibility index (Phi) is 3.66. The Morgan fingerprint density at radius 2 is 1.02 bits per heavy atom. The molecule has 44 heavy (non-hydrogen) atoms. The summed E-state index contributed by atoms with van der Waals surface area (Å²) in [7, 11) is 0. The molecule has 0 saturated carbocycles. The number of hydrogen-bond donors (Lipinski definition) is 0. The molecule has 0 saturated heterocycles. The molecule has 0 unspecified atom stereocenters. The number of benzene rings is 6. The molecule has 5 nitrogen and oxygen atoms in total. The van der Waals surface area contributed by atoms with Crippen molar-refractivity contribution in [1.29, 1.82) is 0 Å². The van der Waals surface area contributed by atoms with Crippen LogP contribution in [0, 0.1) is 0 Å². The molecule has 0 aliphatic heterocycles. The monoisotopic (exact) mass is 574 g/mol. The lowest BCUT2D eigenvalue weighted by atomic mass is 10.0. The molecule has 3 heterocycles. The SMILES string of the molecule is [2H]c1c([2H])c([2H])c(-c2nc(-c3c([2H])c([2H])c([2H])c([2H])c3[2H])nc(-c3cccc4oc5cccc(-n6c7ccccc7c7ccccc76)c5c34)n2)c([2H])c1[2H]. The zero-order valence-electron chi connectivity index (χ0n) is 32.8. The second kappa shape index (κ2) is 9.75. The first-order chi connectivity index (χ1) is 26.0. The normalized spacial score (nSPS) is 14.8. The Labute approximate surface area is 266 Å². The highest BCUT2D eigenvalue weighted by Gasteiger charge is 2.21. The van der Waals surface area contributed by atoms with Gasteiger partial charge in [-0.25, -0.2) is 15.0 Å². The number of para-hydroxylation sites is 2. The third-order valence-corrected chi connectivity index (χ3v) is 7.64. The number of fused-ring (bicyclic) bond motifs is 6. The highest BCUT2D eigenvalue weighted by molar-refractivity contribution is 6.17. The molecule has 0 spiro atoms. The van der Waals surface area contributed by atoms with Crippen molar-refractivity contribution in [3.05, 3.63) is 145 Å². The van der Waals surface area contributed by atoms with Crippen molar-refractivity contribution in [2.45, 2.75) is 0 Å². The van der Waals surface area contributed by atoms with Crippen LogP contribution in [0.2, 0.25) is 0 Å². The number of aromatic nitrogens is 4. The van der Waals surface area contributed by atoms with E-state index in [2.05, 4.69) is 21.7 Å².